The van der Waals surface area contributed by atoms with E-state index in [2.05, 4.69) is 20.3 Å². The number of aromatic amines is 1. The van der Waals surface area contributed by atoms with Gasteiger partial charge < -0.3 is 29.2 Å². The lowest BCUT2D eigenvalue weighted by atomic mass is 9.93. The third kappa shape index (κ3) is 6.35. The quantitative estimate of drug-likeness (QED) is 0.236. The van der Waals surface area contributed by atoms with Gasteiger partial charge in [-0.05, 0) is 47.9 Å². The number of rotatable bonds is 9. The van der Waals surface area contributed by atoms with Crippen LogP contribution in [-0.4, -0.2) is 100 Å². The molecule has 3 aromatic heterocycles. The topological polar surface area (TPSA) is 122 Å². The number of hydrogen-bond donors (Lipinski definition) is 1. The molecular weight excluding hydrogens is 646 g/mol. The highest BCUT2D eigenvalue weighted by molar-refractivity contribution is 6.05. The molecule has 2 amide bonds. The molecule has 0 unspecified atom stereocenters. The SMILES string of the molecule is COc1ccncc1-c1cc(C2=CCCN(C(=O)CCn3ccnn3)C2)c(F)c2[nH]c(C(=O)N3CCN(c4ccc(F)cc4OC)CC3)cc12. The van der Waals surface area contributed by atoms with E-state index in [9.17, 15) is 14.0 Å². The Kier molecular flexibility index (Phi) is 9.15. The number of nitrogens with zero attached hydrogens (tertiary/aromatic N) is 7. The first kappa shape index (κ1) is 32.7. The van der Waals surface area contributed by atoms with Crippen molar-refractivity contribution >= 4 is 34.0 Å². The van der Waals surface area contributed by atoms with Crippen LogP contribution in [0.5, 0.6) is 11.5 Å². The summed E-state index contributed by atoms with van der Waals surface area (Å²) in [5.74, 6) is -0.255. The summed E-state index contributed by atoms with van der Waals surface area (Å²) in [4.78, 5) is 40.0. The summed E-state index contributed by atoms with van der Waals surface area (Å²) in [6.07, 6.45) is 9.30. The highest BCUT2D eigenvalue weighted by Gasteiger charge is 2.28. The van der Waals surface area contributed by atoms with E-state index in [-0.39, 0.29) is 41.8 Å². The molecule has 1 saturated heterocycles. The van der Waals surface area contributed by atoms with E-state index in [0.29, 0.717) is 84.8 Å². The number of nitrogens with one attached hydrogen (secondary N) is 1. The maximum absolute atomic E-state index is 16.6. The number of ether oxygens (including phenoxy) is 2. The zero-order valence-corrected chi connectivity index (χ0v) is 27.7. The molecule has 5 heterocycles. The van der Waals surface area contributed by atoms with Crippen LogP contribution in [0.25, 0.3) is 27.6 Å². The number of aryl methyl sites for hydroxylation is 1. The predicted molar refractivity (Wildman–Crippen MR) is 183 cm³/mol. The first-order valence-electron chi connectivity index (χ1n) is 16.4. The summed E-state index contributed by atoms with van der Waals surface area (Å²) in [5, 5.41) is 8.22. The number of anilines is 1. The molecule has 7 rings (SSSR count). The number of halogens is 2. The van der Waals surface area contributed by atoms with Gasteiger partial charge >= 0.3 is 0 Å². The highest BCUT2D eigenvalue weighted by atomic mass is 19.1. The van der Waals surface area contributed by atoms with Gasteiger partial charge in [0.05, 0.1) is 38.2 Å². The van der Waals surface area contributed by atoms with Gasteiger partial charge in [0.15, 0.2) is 5.82 Å². The number of aromatic nitrogens is 5. The van der Waals surface area contributed by atoms with Crippen molar-refractivity contribution in [1.82, 2.24) is 34.8 Å². The number of amides is 2. The second kappa shape index (κ2) is 14.0. The standard InChI is InChI=1S/C36H36F2N8O4/c1-49-31-7-9-39-21-28(31)26-19-25(23-4-3-11-45(22-23)33(47)8-12-46-13-10-40-42-46)34(38)35-27(26)20-29(41-35)36(48)44-16-14-43(15-17-44)30-6-5-24(37)18-32(30)50-2/h4-7,9-10,13,18-21,41H,3,8,11-12,14-17,22H2,1-2H3. The first-order valence-corrected chi connectivity index (χ1v) is 16.4. The molecule has 2 aromatic carbocycles. The van der Waals surface area contributed by atoms with Crippen LogP contribution >= 0.6 is 0 Å². The molecule has 12 nitrogen and oxygen atoms in total. The van der Waals surface area contributed by atoms with E-state index in [1.165, 1.54) is 19.2 Å². The number of hydrogen-bond acceptors (Lipinski definition) is 8. The van der Waals surface area contributed by atoms with E-state index in [1.54, 1.807) is 70.6 Å². The van der Waals surface area contributed by atoms with Crippen LogP contribution in [0.3, 0.4) is 0 Å². The van der Waals surface area contributed by atoms with Crippen molar-refractivity contribution in [1.29, 1.82) is 0 Å². The minimum Gasteiger partial charge on any atom is -0.496 e. The van der Waals surface area contributed by atoms with Crippen LogP contribution in [0.2, 0.25) is 0 Å². The minimum absolute atomic E-state index is 0.0625. The number of piperazine rings is 1. The molecule has 0 bridgehead atoms. The molecule has 5 aromatic rings. The number of carbonyl (C=O) groups excluding carboxylic acids is 2. The second-order valence-electron chi connectivity index (χ2n) is 12.2. The number of fused-ring (bicyclic) bond motifs is 1. The van der Waals surface area contributed by atoms with E-state index in [4.69, 9.17) is 9.47 Å². The van der Waals surface area contributed by atoms with Crippen LogP contribution < -0.4 is 14.4 Å². The van der Waals surface area contributed by atoms with E-state index >= 15 is 4.39 Å². The van der Waals surface area contributed by atoms with Gasteiger partial charge in [-0.15, -0.1) is 5.10 Å². The maximum Gasteiger partial charge on any atom is 0.270 e. The normalized spacial score (nSPS) is 15.0. The molecule has 14 heteroatoms. The number of methoxy groups -OCH3 is 2. The third-order valence-corrected chi connectivity index (χ3v) is 9.30. The van der Waals surface area contributed by atoms with Crippen LogP contribution in [0.15, 0.2) is 67.3 Å². The fourth-order valence-electron chi connectivity index (χ4n) is 6.70. The highest BCUT2D eigenvalue weighted by Crippen LogP contribution is 2.40. The number of pyridine rings is 1. The number of H-pyrrole nitrogens is 1. The molecule has 0 radical (unpaired) electrons. The molecule has 1 N–H and O–H groups in total. The molecule has 258 valence electrons. The minimum atomic E-state index is -0.512. The van der Waals surface area contributed by atoms with Crippen LogP contribution in [0.1, 0.15) is 28.9 Å². The summed E-state index contributed by atoms with van der Waals surface area (Å²) < 4.78 is 43.1. The summed E-state index contributed by atoms with van der Waals surface area (Å²) in [6.45, 7) is 2.97. The van der Waals surface area contributed by atoms with E-state index in [1.807, 2.05) is 11.0 Å². The smallest absolute Gasteiger partial charge is 0.270 e. The van der Waals surface area contributed by atoms with Crippen molar-refractivity contribution in [3.8, 4) is 22.6 Å². The molecule has 0 saturated carbocycles. The van der Waals surface area contributed by atoms with Crippen molar-refractivity contribution in [3.05, 3.63) is 90.2 Å². The Morgan fingerprint density at radius 1 is 0.900 bits per heavy atom. The molecule has 0 spiro atoms. The predicted octanol–water partition coefficient (Wildman–Crippen LogP) is 4.79. The van der Waals surface area contributed by atoms with Crippen LogP contribution in [0.4, 0.5) is 14.5 Å². The molecule has 0 aliphatic carbocycles. The molecule has 1 fully saturated rings. The number of carbonyl (C=O) groups is 2. The van der Waals surface area contributed by atoms with Gasteiger partial charge in [-0.2, -0.15) is 0 Å². The van der Waals surface area contributed by atoms with Crippen molar-refractivity contribution in [2.45, 2.75) is 19.4 Å². The van der Waals surface area contributed by atoms with Gasteiger partial charge in [0.25, 0.3) is 5.91 Å². The van der Waals surface area contributed by atoms with Crippen LogP contribution in [-0.2, 0) is 11.3 Å². The zero-order chi connectivity index (χ0) is 34.8. The Hall–Kier alpha value is -5.79. The van der Waals surface area contributed by atoms with Crippen molar-refractivity contribution in [3.63, 3.8) is 0 Å². The summed E-state index contributed by atoms with van der Waals surface area (Å²) in [7, 11) is 3.05. The Morgan fingerprint density at radius 3 is 2.48 bits per heavy atom. The molecular formula is C36H36F2N8O4. The average molecular weight is 683 g/mol. The van der Waals surface area contributed by atoms with Crippen molar-refractivity contribution < 1.29 is 27.8 Å². The van der Waals surface area contributed by atoms with Gasteiger partial charge in [-0.25, -0.2) is 8.78 Å². The lowest BCUT2D eigenvalue weighted by Crippen LogP contribution is -2.49. The van der Waals surface area contributed by atoms with E-state index < -0.39 is 5.82 Å². The van der Waals surface area contributed by atoms with Gasteiger partial charge in [0, 0.05) is 86.9 Å². The second-order valence-corrected chi connectivity index (χ2v) is 12.2. The Labute approximate surface area is 286 Å². The lowest BCUT2D eigenvalue weighted by molar-refractivity contribution is -0.131. The average Bonchev–Trinajstić information content (AvgIpc) is 3.85. The monoisotopic (exact) mass is 682 g/mol. The summed E-state index contributed by atoms with van der Waals surface area (Å²) in [5.41, 5.74) is 3.45. The lowest BCUT2D eigenvalue weighted by Gasteiger charge is -2.36. The zero-order valence-electron chi connectivity index (χ0n) is 27.7. The fraction of sp³-hybridized carbons (Fsp3) is 0.306. The molecule has 2 aliphatic rings. The van der Waals surface area contributed by atoms with Crippen molar-refractivity contribution in [2.24, 2.45) is 0 Å². The maximum atomic E-state index is 16.6. The van der Waals surface area contributed by atoms with E-state index in [0.717, 1.165) is 5.69 Å². The van der Waals surface area contributed by atoms with Gasteiger partial charge in [-0.3, -0.25) is 19.3 Å². The number of benzene rings is 2. The molecule has 2 aliphatic heterocycles. The van der Waals surface area contributed by atoms with Gasteiger partial charge in [0.1, 0.15) is 23.0 Å². The fourth-order valence-corrected chi connectivity index (χ4v) is 6.70. The molecule has 0 atom stereocenters. The van der Waals surface area contributed by atoms with Crippen molar-refractivity contribution in [2.75, 3.05) is 58.4 Å². The Morgan fingerprint density at radius 2 is 1.72 bits per heavy atom. The third-order valence-electron chi connectivity index (χ3n) is 9.30. The molecule has 50 heavy (non-hydrogen) atoms. The first-order chi connectivity index (χ1) is 24.3. The summed E-state index contributed by atoms with van der Waals surface area (Å²) >= 11 is 0. The Bertz CT molecular complexity index is 2070. The largest absolute Gasteiger partial charge is 0.496 e. The van der Waals surface area contributed by atoms with Crippen LogP contribution in [0, 0.1) is 11.6 Å². The van der Waals surface area contributed by atoms with Gasteiger partial charge in [0.2, 0.25) is 5.91 Å². The summed E-state index contributed by atoms with van der Waals surface area (Å²) in [6, 6.07) is 9.56. The Balaban J connectivity index is 1.18. The van der Waals surface area contributed by atoms with Gasteiger partial charge in [-0.1, -0.05) is 11.3 Å².